The van der Waals surface area contributed by atoms with E-state index in [1.165, 1.54) is 7.11 Å². The monoisotopic (exact) mass is 333 g/mol. The maximum Gasteiger partial charge on any atom is 0.407 e. The molecular formula is C17H19NO6. The lowest BCUT2D eigenvalue weighted by Gasteiger charge is -2.24. The molecule has 2 atom stereocenters. The molecule has 2 N–H and O–H groups in total. The SMILES string of the molecule is COC(=O)c1ccc(COC(=O)N[C@H]2C=CCC[C@@H]2C(=O)O)cc1. The minimum Gasteiger partial charge on any atom is -0.481 e. The van der Waals surface area contributed by atoms with Crippen molar-refractivity contribution in [3.05, 3.63) is 47.5 Å². The van der Waals surface area contributed by atoms with E-state index in [4.69, 9.17) is 9.84 Å². The van der Waals surface area contributed by atoms with E-state index in [0.717, 1.165) is 0 Å². The molecule has 2 rings (SSSR count). The molecule has 0 heterocycles. The van der Waals surface area contributed by atoms with Crippen molar-refractivity contribution in [2.24, 2.45) is 5.92 Å². The summed E-state index contributed by atoms with van der Waals surface area (Å²) in [7, 11) is 1.30. The number of amides is 1. The maximum atomic E-state index is 11.8. The summed E-state index contributed by atoms with van der Waals surface area (Å²) in [4.78, 5) is 34.3. The predicted octanol–water partition coefficient (Wildman–Crippen LogP) is 2.12. The summed E-state index contributed by atoms with van der Waals surface area (Å²) in [5.41, 5.74) is 1.11. The molecule has 0 saturated carbocycles. The Morgan fingerprint density at radius 3 is 2.58 bits per heavy atom. The van der Waals surface area contributed by atoms with E-state index in [2.05, 4.69) is 10.1 Å². The molecule has 1 aromatic rings. The zero-order chi connectivity index (χ0) is 17.5. The average molecular weight is 333 g/mol. The third kappa shape index (κ3) is 4.58. The second-order valence-corrected chi connectivity index (χ2v) is 5.38. The first kappa shape index (κ1) is 17.5. The Morgan fingerprint density at radius 1 is 1.25 bits per heavy atom. The number of ether oxygens (including phenoxy) is 2. The first-order valence-electron chi connectivity index (χ1n) is 7.51. The number of aliphatic carboxylic acids is 1. The molecule has 1 amide bonds. The normalized spacial score (nSPS) is 19.4. The smallest absolute Gasteiger partial charge is 0.407 e. The molecule has 0 saturated heterocycles. The van der Waals surface area contributed by atoms with Gasteiger partial charge >= 0.3 is 18.0 Å². The number of allylic oxidation sites excluding steroid dienone is 1. The predicted molar refractivity (Wildman–Crippen MR) is 84.4 cm³/mol. The number of benzene rings is 1. The second-order valence-electron chi connectivity index (χ2n) is 5.38. The molecule has 1 aromatic carbocycles. The second kappa shape index (κ2) is 8.14. The molecule has 0 unspecified atom stereocenters. The molecule has 7 nitrogen and oxygen atoms in total. The number of nitrogens with one attached hydrogen (secondary N) is 1. The summed E-state index contributed by atoms with van der Waals surface area (Å²) in [5.74, 6) is -2.03. The molecule has 0 aliphatic heterocycles. The van der Waals surface area contributed by atoms with Crippen LogP contribution >= 0.6 is 0 Å². The molecule has 1 aliphatic carbocycles. The number of carbonyl (C=O) groups excluding carboxylic acids is 2. The van der Waals surface area contributed by atoms with Gasteiger partial charge in [0.25, 0.3) is 0 Å². The van der Waals surface area contributed by atoms with Crippen LogP contribution in [0.3, 0.4) is 0 Å². The van der Waals surface area contributed by atoms with Crippen molar-refractivity contribution >= 4 is 18.0 Å². The van der Waals surface area contributed by atoms with Gasteiger partial charge in [0.05, 0.1) is 24.6 Å². The highest BCUT2D eigenvalue weighted by Crippen LogP contribution is 2.19. The van der Waals surface area contributed by atoms with Crippen molar-refractivity contribution in [2.45, 2.75) is 25.5 Å². The molecule has 0 fully saturated rings. The Bertz CT molecular complexity index is 637. The fraction of sp³-hybridized carbons (Fsp3) is 0.353. The topological polar surface area (TPSA) is 102 Å². The van der Waals surface area contributed by atoms with Crippen molar-refractivity contribution in [3.8, 4) is 0 Å². The number of carboxylic acids is 1. The number of esters is 1. The van der Waals surface area contributed by atoms with Gasteiger partial charge < -0.3 is 19.9 Å². The third-order valence-corrected chi connectivity index (χ3v) is 3.77. The van der Waals surface area contributed by atoms with Gasteiger partial charge in [-0.1, -0.05) is 24.3 Å². The largest absolute Gasteiger partial charge is 0.481 e. The highest BCUT2D eigenvalue weighted by Gasteiger charge is 2.29. The van der Waals surface area contributed by atoms with Gasteiger partial charge in [-0.2, -0.15) is 0 Å². The van der Waals surface area contributed by atoms with Gasteiger partial charge in [0.2, 0.25) is 0 Å². The number of hydrogen-bond acceptors (Lipinski definition) is 5. The Morgan fingerprint density at radius 2 is 1.96 bits per heavy atom. The zero-order valence-electron chi connectivity index (χ0n) is 13.2. The lowest BCUT2D eigenvalue weighted by molar-refractivity contribution is -0.142. The van der Waals surface area contributed by atoms with E-state index in [1.54, 1.807) is 30.3 Å². The van der Waals surface area contributed by atoms with Crippen molar-refractivity contribution in [3.63, 3.8) is 0 Å². The molecule has 1 aliphatic rings. The minimum absolute atomic E-state index is 0.0153. The van der Waals surface area contributed by atoms with Crippen LogP contribution in [0.15, 0.2) is 36.4 Å². The maximum absolute atomic E-state index is 11.8. The van der Waals surface area contributed by atoms with Crippen molar-refractivity contribution in [1.82, 2.24) is 5.32 Å². The lowest BCUT2D eigenvalue weighted by atomic mass is 9.90. The van der Waals surface area contributed by atoms with Crippen LogP contribution in [0.2, 0.25) is 0 Å². The average Bonchev–Trinajstić information content (AvgIpc) is 2.60. The van der Waals surface area contributed by atoms with Crippen molar-refractivity contribution in [2.75, 3.05) is 7.11 Å². The van der Waals surface area contributed by atoms with Gasteiger partial charge in [0.1, 0.15) is 6.61 Å². The summed E-state index contributed by atoms with van der Waals surface area (Å²) in [6.07, 6.45) is 3.99. The van der Waals surface area contributed by atoms with Gasteiger partial charge in [0.15, 0.2) is 0 Å². The molecule has 128 valence electrons. The summed E-state index contributed by atoms with van der Waals surface area (Å²) in [6, 6.07) is 5.88. The van der Waals surface area contributed by atoms with E-state index >= 15 is 0 Å². The van der Waals surface area contributed by atoms with E-state index in [9.17, 15) is 14.4 Å². The first-order chi connectivity index (χ1) is 11.5. The van der Waals surface area contributed by atoms with E-state index in [1.807, 2.05) is 6.08 Å². The van der Waals surface area contributed by atoms with Crippen LogP contribution in [0.4, 0.5) is 4.79 Å². The summed E-state index contributed by atoms with van der Waals surface area (Å²) < 4.78 is 9.69. The van der Waals surface area contributed by atoms with Crippen molar-refractivity contribution in [1.29, 1.82) is 0 Å². The summed E-state index contributed by atoms with van der Waals surface area (Å²) >= 11 is 0. The fourth-order valence-corrected chi connectivity index (χ4v) is 2.44. The van der Waals surface area contributed by atoms with Gasteiger partial charge in [-0.15, -0.1) is 0 Å². The third-order valence-electron chi connectivity index (χ3n) is 3.77. The molecule has 0 spiro atoms. The Hall–Kier alpha value is -2.83. The first-order valence-corrected chi connectivity index (χ1v) is 7.51. The van der Waals surface area contributed by atoms with E-state index < -0.39 is 30.0 Å². The van der Waals surface area contributed by atoms with Gasteiger partial charge in [-0.25, -0.2) is 9.59 Å². The standard InChI is InChI=1S/C17H19NO6/c1-23-16(21)12-8-6-11(7-9-12)10-24-17(22)18-14-5-3-2-4-13(14)15(19)20/h3,5-9,13-14H,2,4,10H2,1H3,(H,18,22)(H,19,20)/t13-,14-/m0/s1. The van der Waals surface area contributed by atoms with E-state index in [0.29, 0.717) is 24.0 Å². The number of methoxy groups -OCH3 is 1. The van der Waals surface area contributed by atoms with Crippen LogP contribution in [0.1, 0.15) is 28.8 Å². The Kier molecular flexibility index (Phi) is 5.95. The molecule has 0 aromatic heterocycles. The lowest BCUT2D eigenvalue weighted by Crippen LogP contribution is -2.43. The molecule has 7 heteroatoms. The molecule has 0 bridgehead atoms. The molecular weight excluding hydrogens is 314 g/mol. The zero-order valence-corrected chi connectivity index (χ0v) is 13.2. The van der Waals surface area contributed by atoms with Crippen LogP contribution in [0, 0.1) is 5.92 Å². The Labute approximate surface area is 139 Å². The summed E-state index contributed by atoms with van der Waals surface area (Å²) in [5, 5.41) is 11.7. The number of rotatable bonds is 5. The van der Waals surface area contributed by atoms with Crippen molar-refractivity contribution < 1.29 is 29.0 Å². The fourth-order valence-electron chi connectivity index (χ4n) is 2.44. The number of hydrogen-bond donors (Lipinski definition) is 2. The minimum atomic E-state index is -0.942. The Balaban J connectivity index is 1.86. The van der Waals surface area contributed by atoms with Gasteiger partial charge in [-0.05, 0) is 30.5 Å². The molecule has 0 radical (unpaired) electrons. The number of carboxylic acid groups (broad SMARTS) is 1. The van der Waals surface area contributed by atoms with Crippen LogP contribution in [-0.4, -0.2) is 36.3 Å². The van der Waals surface area contributed by atoms with Crippen LogP contribution < -0.4 is 5.32 Å². The van der Waals surface area contributed by atoms with Gasteiger partial charge in [0, 0.05) is 0 Å². The van der Waals surface area contributed by atoms with Crippen LogP contribution in [-0.2, 0) is 20.9 Å². The molecule has 24 heavy (non-hydrogen) atoms. The van der Waals surface area contributed by atoms with Crippen LogP contribution in [0.25, 0.3) is 0 Å². The summed E-state index contributed by atoms with van der Waals surface area (Å²) in [6.45, 7) is 0.0153. The van der Waals surface area contributed by atoms with Gasteiger partial charge in [-0.3, -0.25) is 4.79 Å². The number of alkyl carbamates (subject to hydrolysis) is 1. The highest BCUT2D eigenvalue weighted by molar-refractivity contribution is 5.89. The highest BCUT2D eigenvalue weighted by atomic mass is 16.5. The number of carbonyl (C=O) groups is 3. The quantitative estimate of drug-likeness (QED) is 0.632. The van der Waals surface area contributed by atoms with Crippen LogP contribution in [0.5, 0.6) is 0 Å². The van der Waals surface area contributed by atoms with E-state index in [-0.39, 0.29) is 6.61 Å².